The third-order valence-electron chi connectivity index (χ3n) is 3.91. The molecule has 0 saturated carbocycles. The molecule has 1 aliphatic heterocycles. The van der Waals surface area contributed by atoms with Crippen molar-refractivity contribution in [3.05, 3.63) is 29.8 Å². The van der Waals surface area contributed by atoms with Gasteiger partial charge < -0.3 is 19.7 Å². The standard InChI is InChI=1S/C18H23N3O5S/c1-3-25-14-8-6-5-7-12(14)16(23)20-18(27)21-10-9-19-17(24)13(21)11-15(22)26-4-2/h5-8,13H,3-4,9-11H2,1-2H3,(H,19,24)(H,20,23,27). The van der Waals surface area contributed by atoms with Crippen LogP contribution in [0.25, 0.3) is 0 Å². The maximum atomic E-state index is 12.6. The lowest BCUT2D eigenvalue weighted by Crippen LogP contribution is -2.60. The Morgan fingerprint density at radius 2 is 2.04 bits per heavy atom. The zero-order valence-corrected chi connectivity index (χ0v) is 16.1. The van der Waals surface area contributed by atoms with Crippen molar-refractivity contribution in [1.29, 1.82) is 0 Å². The number of hydrogen-bond acceptors (Lipinski definition) is 6. The van der Waals surface area contributed by atoms with E-state index < -0.39 is 17.9 Å². The lowest BCUT2D eigenvalue weighted by atomic mass is 10.1. The first kappa shape index (κ1) is 20.6. The monoisotopic (exact) mass is 393 g/mol. The van der Waals surface area contributed by atoms with E-state index in [-0.39, 0.29) is 24.0 Å². The number of esters is 1. The van der Waals surface area contributed by atoms with Crippen LogP contribution in [0.3, 0.4) is 0 Å². The zero-order valence-electron chi connectivity index (χ0n) is 15.3. The van der Waals surface area contributed by atoms with Crippen molar-refractivity contribution in [2.45, 2.75) is 26.3 Å². The van der Waals surface area contributed by atoms with Crippen LogP contribution in [0.5, 0.6) is 5.75 Å². The lowest BCUT2D eigenvalue weighted by molar-refractivity contribution is -0.147. The first-order valence-electron chi connectivity index (χ1n) is 8.75. The van der Waals surface area contributed by atoms with Crippen molar-refractivity contribution in [3.8, 4) is 5.75 Å². The minimum Gasteiger partial charge on any atom is -0.493 e. The van der Waals surface area contributed by atoms with E-state index in [1.807, 2.05) is 6.92 Å². The maximum Gasteiger partial charge on any atom is 0.308 e. The SMILES string of the molecule is CCOC(=O)CC1C(=O)NCCN1C(=S)NC(=O)c1ccccc1OCC. The van der Waals surface area contributed by atoms with Gasteiger partial charge in [-0.05, 0) is 38.2 Å². The van der Waals surface area contributed by atoms with Crippen molar-refractivity contribution in [2.24, 2.45) is 0 Å². The molecule has 1 aromatic rings. The van der Waals surface area contributed by atoms with Crippen LogP contribution in [0.1, 0.15) is 30.6 Å². The number of nitrogens with one attached hydrogen (secondary N) is 2. The normalized spacial score (nSPS) is 16.3. The van der Waals surface area contributed by atoms with Crippen LogP contribution in [0.2, 0.25) is 0 Å². The fraction of sp³-hybridized carbons (Fsp3) is 0.444. The predicted molar refractivity (Wildman–Crippen MR) is 102 cm³/mol. The molecule has 1 aromatic carbocycles. The second-order valence-electron chi connectivity index (χ2n) is 5.70. The van der Waals surface area contributed by atoms with Gasteiger partial charge in [-0.1, -0.05) is 12.1 Å². The number of thiocarbonyl (C=S) groups is 1. The van der Waals surface area contributed by atoms with Crippen LogP contribution in [0.15, 0.2) is 24.3 Å². The Kier molecular flexibility index (Phi) is 7.54. The Morgan fingerprint density at radius 3 is 2.74 bits per heavy atom. The molecule has 1 heterocycles. The highest BCUT2D eigenvalue weighted by Gasteiger charge is 2.34. The van der Waals surface area contributed by atoms with E-state index in [1.165, 1.54) is 4.90 Å². The number of carbonyl (C=O) groups excluding carboxylic acids is 3. The molecule has 27 heavy (non-hydrogen) atoms. The molecule has 2 N–H and O–H groups in total. The van der Waals surface area contributed by atoms with Gasteiger partial charge in [-0.15, -0.1) is 0 Å². The fourth-order valence-electron chi connectivity index (χ4n) is 2.71. The number of rotatable bonds is 6. The van der Waals surface area contributed by atoms with Crippen LogP contribution in [0, 0.1) is 0 Å². The van der Waals surface area contributed by atoms with Gasteiger partial charge in [-0.25, -0.2) is 0 Å². The molecule has 0 radical (unpaired) electrons. The van der Waals surface area contributed by atoms with E-state index in [9.17, 15) is 14.4 Å². The van der Waals surface area contributed by atoms with Gasteiger partial charge in [-0.3, -0.25) is 19.7 Å². The van der Waals surface area contributed by atoms with Crippen molar-refractivity contribution >= 4 is 35.1 Å². The van der Waals surface area contributed by atoms with Crippen molar-refractivity contribution in [1.82, 2.24) is 15.5 Å². The second-order valence-corrected chi connectivity index (χ2v) is 6.08. The molecule has 146 valence electrons. The summed E-state index contributed by atoms with van der Waals surface area (Å²) < 4.78 is 10.4. The number of benzene rings is 1. The summed E-state index contributed by atoms with van der Waals surface area (Å²) in [4.78, 5) is 38.1. The van der Waals surface area contributed by atoms with E-state index >= 15 is 0 Å². The molecule has 0 spiro atoms. The molecule has 0 aliphatic carbocycles. The van der Waals surface area contributed by atoms with E-state index in [0.717, 1.165) is 0 Å². The smallest absolute Gasteiger partial charge is 0.308 e. The van der Waals surface area contributed by atoms with Crippen molar-refractivity contribution in [3.63, 3.8) is 0 Å². The molecule has 2 rings (SSSR count). The minimum absolute atomic E-state index is 0.0791. The van der Waals surface area contributed by atoms with Gasteiger partial charge in [0.1, 0.15) is 11.8 Å². The average Bonchev–Trinajstić information content (AvgIpc) is 2.64. The third kappa shape index (κ3) is 5.40. The number of nitrogens with zero attached hydrogens (tertiary/aromatic N) is 1. The molecule has 8 nitrogen and oxygen atoms in total. The van der Waals surface area contributed by atoms with Gasteiger partial charge >= 0.3 is 5.97 Å². The van der Waals surface area contributed by atoms with Gasteiger partial charge in [0, 0.05) is 13.1 Å². The van der Waals surface area contributed by atoms with Crippen LogP contribution >= 0.6 is 12.2 Å². The molecular weight excluding hydrogens is 370 g/mol. The summed E-state index contributed by atoms with van der Waals surface area (Å²) in [5.74, 6) is -0.828. The molecule has 0 bridgehead atoms. The summed E-state index contributed by atoms with van der Waals surface area (Å²) in [5.41, 5.74) is 0.338. The summed E-state index contributed by atoms with van der Waals surface area (Å²) in [5, 5.41) is 5.40. The molecule has 0 aromatic heterocycles. The summed E-state index contributed by atoms with van der Waals surface area (Å²) in [6.45, 7) is 4.90. The van der Waals surface area contributed by atoms with Crippen molar-refractivity contribution in [2.75, 3.05) is 26.3 Å². The molecule has 1 saturated heterocycles. The first-order valence-corrected chi connectivity index (χ1v) is 9.15. The van der Waals surface area contributed by atoms with E-state index in [4.69, 9.17) is 21.7 Å². The fourth-order valence-corrected chi connectivity index (χ4v) is 3.02. The number of para-hydroxylation sites is 1. The first-order chi connectivity index (χ1) is 13.0. The van der Waals surface area contributed by atoms with Crippen LogP contribution in [0.4, 0.5) is 0 Å². The maximum absolute atomic E-state index is 12.6. The van der Waals surface area contributed by atoms with Crippen LogP contribution in [-0.2, 0) is 14.3 Å². The summed E-state index contributed by atoms with van der Waals surface area (Å²) in [6.07, 6.45) is -0.148. The van der Waals surface area contributed by atoms with Gasteiger partial charge in [0.25, 0.3) is 5.91 Å². The second kappa shape index (κ2) is 9.86. The summed E-state index contributed by atoms with van der Waals surface area (Å²) in [7, 11) is 0. The van der Waals surface area contributed by atoms with Crippen LogP contribution in [-0.4, -0.2) is 60.1 Å². The number of hydrogen-bond donors (Lipinski definition) is 2. The number of carbonyl (C=O) groups is 3. The zero-order chi connectivity index (χ0) is 19.8. The third-order valence-corrected chi connectivity index (χ3v) is 4.25. The average molecular weight is 393 g/mol. The topological polar surface area (TPSA) is 97.0 Å². The molecule has 9 heteroatoms. The van der Waals surface area contributed by atoms with E-state index in [1.54, 1.807) is 31.2 Å². The Labute approximate surface area is 163 Å². The summed E-state index contributed by atoms with van der Waals surface area (Å²) >= 11 is 5.33. The molecule has 1 unspecified atom stereocenters. The predicted octanol–water partition coefficient (Wildman–Crippen LogP) is 0.854. The molecule has 1 aliphatic rings. The summed E-state index contributed by atoms with van der Waals surface area (Å²) in [6, 6.07) is 5.98. The Balaban J connectivity index is 2.11. The Bertz CT molecular complexity index is 725. The van der Waals surface area contributed by atoms with Gasteiger partial charge in [-0.2, -0.15) is 0 Å². The van der Waals surface area contributed by atoms with Gasteiger partial charge in [0.2, 0.25) is 5.91 Å². The number of ether oxygens (including phenoxy) is 2. The Hall–Kier alpha value is -2.68. The van der Waals surface area contributed by atoms with E-state index in [2.05, 4.69) is 10.6 Å². The molecule has 1 atom stereocenters. The number of piperazine rings is 1. The highest BCUT2D eigenvalue weighted by Crippen LogP contribution is 2.18. The van der Waals surface area contributed by atoms with Gasteiger partial charge in [0.05, 0.1) is 25.2 Å². The van der Waals surface area contributed by atoms with E-state index in [0.29, 0.717) is 31.0 Å². The molecular formula is C18H23N3O5S. The largest absolute Gasteiger partial charge is 0.493 e. The number of amides is 2. The van der Waals surface area contributed by atoms with Gasteiger partial charge in [0.15, 0.2) is 5.11 Å². The molecule has 2 amide bonds. The van der Waals surface area contributed by atoms with Crippen molar-refractivity contribution < 1.29 is 23.9 Å². The highest BCUT2D eigenvalue weighted by atomic mass is 32.1. The molecule has 1 fully saturated rings. The quantitative estimate of drug-likeness (QED) is 0.546. The van der Waals surface area contributed by atoms with Crippen LogP contribution < -0.4 is 15.4 Å². The lowest BCUT2D eigenvalue weighted by Gasteiger charge is -2.36. The highest BCUT2D eigenvalue weighted by molar-refractivity contribution is 7.80. The minimum atomic E-state index is -0.826. The Morgan fingerprint density at radius 1 is 1.30 bits per heavy atom.